The number of fused-ring (bicyclic) bond motifs is 2. The Kier molecular flexibility index (Phi) is 4.66. The first-order valence-corrected chi connectivity index (χ1v) is 11.8. The van der Waals surface area contributed by atoms with E-state index in [4.69, 9.17) is 5.11 Å². The Balaban J connectivity index is 1.45. The standard InChI is InChI=1S/C28H26F3NO2/c1-16-8-20-19-5-3-2-4-18(19)11-21(20)26(32(16)15-27-12-28(31,13-27)14-27)25-22(29)9-17(10-23(25)30)6-7-24(33)34/h2-7,9-10,16,26H,8,11-15H2,1H3,(H,33,34)/b7-6+/t16-,26+,27?,28?/m1/s1. The van der Waals surface area contributed by atoms with Crippen molar-refractivity contribution in [1.82, 2.24) is 4.90 Å². The SMILES string of the molecule is C[C@@H]1CC2=C(Cc3ccccc32)[C@@H](c2c(F)cc(/C=C/C(=O)O)cc2F)N1CC12CC(F)(C1)C2. The first-order valence-electron chi connectivity index (χ1n) is 11.8. The van der Waals surface area contributed by atoms with Crippen LogP contribution < -0.4 is 0 Å². The van der Waals surface area contributed by atoms with Crippen LogP contribution in [0, 0.1) is 17.0 Å². The summed E-state index contributed by atoms with van der Waals surface area (Å²) in [6, 6.07) is 10.0. The van der Waals surface area contributed by atoms with Crippen molar-refractivity contribution in [2.75, 3.05) is 6.54 Å². The van der Waals surface area contributed by atoms with Crippen LogP contribution in [0.4, 0.5) is 13.2 Å². The fourth-order valence-corrected chi connectivity index (χ4v) is 6.96. The number of hydrogen-bond donors (Lipinski definition) is 1. The van der Waals surface area contributed by atoms with E-state index in [-0.39, 0.29) is 22.6 Å². The minimum absolute atomic E-state index is 0.000824. The molecule has 1 N–H and O–H groups in total. The molecule has 3 fully saturated rings. The molecular weight excluding hydrogens is 439 g/mol. The summed E-state index contributed by atoms with van der Waals surface area (Å²) in [6.07, 6.45) is 5.09. The number of halogens is 3. The van der Waals surface area contributed by atoms with Gasteiger partial charge in [-0.05, 0) is 90.5 Å². The Bertz CT molecular complexity index is 1240. The van der Waals surface area contributed by atoms with E-state index in [1.165, 1.54) is 23.8 Å². The molecule has 1 aliphatic heterocycles. The number of nitrogens with zero attached hydrogens (tertiary/aromatic N) is 1. The maximum absolute atomic E-state index is 15.6. The summed E-state index contributed by atoms with van der Waals surface area (Å²) in [5.74, 6) is -2.55. The van der Waals surface area contributed by atoms with E-state index >= 15 is 8.78 Å². The van der Waals surface area contributed by atoms with Crippen molar-refractivity contribution in [3.05, 3.63) is 81.9 Å². The number of rotatable bonds is 5. The van der Waals surface area contributed by atoms with Gasteiger partial charge in [-0.1, -0.05) is 24.3 Å². The predicted molar refractivity (Wildman–Crippen MR) is 124 cm³/mol. The third kappa shape index (κ3) is 3.26. The maximum atomic E-state index is 15.6. The Morgan fingerprint density at radius 1 is 1.18 bits per heavy atom. The van der Waals surface area contributed by atoms with Crippen LogP contribution in [-0.4, -0.2) is 34.2 Å². The molecule has 3 nitrogen and oxygen atoms in total. The average Bonchev–Trinajstić information content (AvgIpc) is 3.09. The van der Waals surface area contributed by atoms with Gasteiger partial charge in [-0.3, -0.25) is 4.90 Å². The van der Waals surface area contributed by atoms with E-state index in [0.29, 0.717) is 32.2 Å². The highest BCUT2D eigenvalue weighted by Gasteiger charge is 2.69. The highest BCUT2D eigenvalue weighted by atomic mass is 19.1. The molecule has 176 valence electrons. The average molecular weight is 466 g/mol. The van der Waals surface area contributed by atoms with Gasteiger partial charge in [0.15, 0.2) is 0 Å². The molecular formula is C28H26F3NO2. The second-order valence-electron chi connectivity index (χ2n) is 10.7. The van der Waals surface area contributed by atoms with Crippen LogP contribution in [0.1, 0.15) is 60.9 Å². The van der Waals surface area contributed by atoms with Crippen molar-refractivity contribution >= 4 is 17.6 Å². The second-order valence-corrected chi connectivity index (χ2v) is 10.7. The zero-order valence-electron chi connectivity index (χ0n) is 19.0. The Hall–Kier alpha value is -2.86. The monoisotopic (exact) mass is 465 g/mol. The van der Waals surface area contributed by atoms with Gasteiger partial charge in [0.2, 0.25) is 0 Å². The molecule has 0 aromatic heterocycles. The first-order chi connectivity index (χ1) is 16.2. The summed E-state index contributed by atoms with van der Waals surface area (Å²) in [4.78, 5) is 13.0. The van der Waals surface area contributed by atoms with Crippen molar-refractivity contribution in [3.63, 3.8) is 0 Å². The second kappa shape index (κ2) is 7.32. The van der Waals surface area contributed by atoms with Crippen LogP contribution in [-0.2, 0) is 11.2 Å². The number of alkyl halides is 1. The summed E-state index contributed by atoms with van der Waals surface area (Å²) in [6.45, 7) is 2.71. The molecule has 0 spiro atoms. The van der Waals surface area contributed by atoms with Crippen molar-refractivity contribution < 1.29 is 23.1 Å². The molecule has 2 aromatic rings. The van der Waals surface area contributed by atoms with Crippen LogP contribution in [0.3, 0.4) is 0 Å². The van der Waals surface area contributed by atoms with Gasteiger partial charge in [0.05, 0.1) is 6.04 Å². The van der Waals surface area contributed by atoms with Crippen molar-refractivity contribution in [2.24, 2.45) is 5.41 Å². The largest absolute Gasteiger partial charge is 0.478 e. The number of benzene rings is 2. The van der Waals surface area contributed by atoms with Crippen LogP contribution in [0.2, 0.25) is 0 Å². The molecule has 34 heavy (non-hydrogen) atoms. The van der Waals surface area contributed by atoms with Gasteiger partial charge < -0.3 is 5.11 Å². The van der Waals surface area contributed by atoms with Gasteiger partial charge in [-0.2, -0.15) is 0 Å². The maximum Gasteiger partial charge on any atom is 0.328 e. The molecule has 1 heterocycles. The summed E-state index contributed by atoms with van der Waals surface area (Å²) in [7, 11) is 0. The van der Waals surface area contributed by atoms with E-state index in [1.807, 2.05) is 12.1 Å². The fraction of sp³-hybridized carbons (Fsp3) is 0.393. The third-order valence-electron chi connectivity index (χ3n) is 8.23. The zero-order chi connectivity index (χ0) is 23.8. The summed E-state index contributed by atoms with van der Waals surface area (Å²) >= 11 is 0. The molecule has 0 amide bonds. The molecule has 3 saturated carbocycles. The lowest BCUT2D eigenvalue weighted by atomic mass is 9.42. The number of aliphatic carboxylic acids is 1. The van der Waals surface area contributed by atoms with Crippen LogP contribution in [0.25, 0.3) is 11.6 Å². The van der Waals surface area contributed by atoms with Crippen molar-refractivity contribution in [3.8, 4) is 0 Å². The van der Waals surface area contributed by atoms with E-state index in [1.54, 1.807) is 0 Å². The molecule has 2 aromatic carbocycles. The molecule has 0 saturated heterocycles. The number of carboxylic acids is 1. The Morgan fingerprint density at radius 2 is 1.85 bits per heavy atom. The van der Waals surface area contributed by atoms with Crippen molar-refractivity contribution in [1.29, 1.82) is 0 Å². The molecule has 2 atom stereocenters. The van der Waals surface area contributed by atoms with E-state index in [0.717, 1.165) is 29.2 Å². The topological polar surface area (TPSA) is 40.5 Å². The van der Waals surface area contributed by atoms with Crippen LogP contribution in [0.15, 0.2) is 48.0 Å². The third-order valence-corrected chi connectivity index (χ3v) is 8.23. The van der Waals surface area contributed by atoms with Gasteiger partial charge >= 0.3 is 5.97 Å². The number of carboxylic acid groups (broad SMARTS) is 1. The number of hydrogen-bond acceptors (Lipinski definition) is 2. The smallest absolute Gasteiger partial charge is 0.328 e. The Morgan fingerprint density at radius 3 is 2.50 bits per heavy atom. The summed E-state index contributed by atoms with van der Waals surface area (Å²) in [5.41, 5.74) is 3.55. The Labute approximate surface area is 196 Å². The van der Waals surface area contributed by atoms with E-state index in [2.05, 4.69) is 24.0 Å². The van der Waals surface area contributed by atoms with Gasteiger partial charge in [-0.15, -0.1) is 0 Å². The summed E-state index contributed by atoms with van der Waals surface area (Å²) in [5, 5.41) is 8.87. The molecule has 0 radical (unpaired) electrons. The minimum atomic E-state index is -1.18. The lowest BCUT2D eigenvalue weighted by Gasteiger charge is -2.68. The molecule has 4 aliphatic carbocycles. The lowest BCUT2D eigenvalue weighted by Crippen LogP contribution is -2.68. The normalized spacial score (nSPS) is 31.8. The molecule has 7 rings (SSSR count). The molecule has 6 heteroatoms. The van der Waals surface area contributed by atoms with E-state index in [9.17, 15) is 9.18 Å². The molecule has 0 unspecified atom stereocenters. The van der Waals surface area contributed by atoms with Gasteiger partial charge in [-0.25, -0.2) is 18.0 Å². The predicted octanol–water partition coefficient (Wildman–Crippen LogP) is 6.10. The van der Waals surface area contributed by atoms with E-state index < -0.39 is 29.3 Å². The van der Waals surface area contributed by atoms with Gasteiger partial charge in [0.1, 0.15) is 17.3 Å². The highest BCUT2D eigenvalue weighted by molar-refractivity contribution is 5.85. The lowest BCUT2D eigenvalue weighted by molar-refractivity contribution is -0.226. The van der Waals surface area contributed by atoms with Crippen LogP contribution >= 0.6 is 0 Å². The fourth-order valence-electron chi connectivity index (χ4n) is 6.96. The molecule has 2 bridgehead atoms. The van der Waals surface area contributed by atoms with Gasteiger partial charge in [0, 0.05) is 24.2 Å². The number of carbonyl (C=O) groups is 1. The quantitative estimate of drug-likeness (QED) is 0.543. The van der Waals surface area contributed by atoms with Gasteiger partial charge in [0.25, 0.3) is 0 Å². The van der Waals surface area contributed by atoms with Crippen molar-refractivity contribution in [2.45, 2.75) is 56.8 Å². The highest BCUT2D eigenvalue weighted by Crippen LogP contribution is 2.70. The summed E-state index contributed by atoms with van der Waals surface area (Å²) < 4.78 is 45.4. The first kappa shape index (κ1) is 21.7. The van der Waals surface area contributed by atoms with Crippen LogP contribution in [0.5, 0.6) is 0 Å². The molecule has 5 aliphatic rings. The zero-order valence-corrected chi connectivity index (χ0v) is 19.0. The minimum Gasteiger partial charge on any atom is -0.478 e.